The van der Waals surface area contributed by atoms with Gasteiger partial charge in [-0.2, -0.15) is 0 Å². The van der Waals surface area contributed by atoms with E-state index in [1.54, 1.807) is 12.1 Å². The molecule has 3 aliphatic rings. The van der Waals surface area contributed by atoms with E-state index in [9.17, 15) is 8.78 Å². The van der Waals surface area contributed by atoms with E-state index in [4.69, 9.17) is 0 Å². The molecule has 1 heterocycles. The van der Waals surface area contributed by atoms with E-state index in [1.807, 2.05) is 0 Å². The molecule has 0 aromatic heterocycles. The van der Waals surface area contributed by atoms with E-state index in [0.29, 0.717) is 24.2 Å². The highest BCUT2D eigenvalue weighted by Crippen LogP contribution is 2.40. The van der Waals surface area contributed by atoms with Gasteiger partial charge < -0.3 is 5.32 Å². The Morgan fingerprint density at radius 1 is 1.10 bits per heavy atom. The zero-order chi connectivity index (χ0) is 14.4. The third kappa shape index (κ3) is 2.84. The van der Waals surface area contributed by atoms with Gasteiger partial charge in [-0.25, -0.2) is 8.78 Å². The molecular weight excluding hydrogens is 270 g/mol. The van der Waals surface area contributed by atoms with Crippen LogP contribution in [0.15, 0.2) is 18.2 Å². The van der Waals surface area contributed by atoms with Crippen LogP contribution in [0.1, 0.15) is 31.2 Å². The van der Waals surface area contributed by atoms with Crippen LogP contribution in [-0.4, -0.2) is 30.1 Å². The molecule has 0 amide bonds. The Kier molecular flexibility index (Phi) is 3.46. The molecule has 1 aliphatic heterocycles. The summed E-state index contributed by atoms with van der Waals surface area (Å²) in [5.41, 5.74) is 0.497. The maximum Gasteiger partial charge on any atom is 0.163 e. The molecule has 4 heteroatoms. The standard InChI is InChI=1S/C17H22F2N2/c18-14-3-1-2-13(17(14)19)9-21-10-15(11-4-5-11)20-8-16(21)12-6-7-12/h1-3,11-12,15-16,20H,4-10H2. The predicted molar refractivity (Wildman–Crippen MR) is 77.8 cm³/mol. The van der Waals surface area contributed by atoms with Crippen LogP contribution in [0.5, 0.6) is 0 Å². The highest BCUT2D eigenvalue weighted by molar-refractivity contribution is 5.19. The van der Waals surface area contributed by atoms with Crippen LogP contribution >= 0.6 is 0 Å². The molecule has 2 atom stereocenters. The Hall–Kier alpha value is -1.00. The first-order valence-electron chi connectivity index (χ1n) is 8.12. The van der Waals surface area contributed by atoms with Crippen LogP contribution in [-0.2, 0) is 6.54 Å². The Morgan fingerprint density at radius 3 is 2.57 bits per heavy atom. The largest absolute Gasteiger partial charge is 0.311 e. The SMILES string of the molecule is Fc1cccc(CN2CC(C3CC3)NCC2C2CC2)c1F. The molecule has 0 radical (unpaired) electrons. The Labute approximate surface area is 124 Å². The van der Waals surface area contributed by atoms with Gasteiger partial charge in [0, 0.05) is 37.3 Å². The molecule has 2 unspecified atom stereocenters. The van der Waals surface area contributed by atoms with Crippen molar-refractivity contribution in [3.8, 4) is 0 Å². The molecule has 1 N–H and O–H groups in total. The minimum atomic E-state index is -0.732. The third-order valence-electron chi connectivity index (χ3n) is 5.25. The fraction of sp³-hybridized carbons (Fsp3) is 0.647. The highest BCUT2D eigenvalue weighted by Gasteiger charge is 2.42. The number of nitrogens with one attached hydrogen (secondary N) is 1. The van der Waals surface area contributed by atoms with Crippen LogP contribution < -0.4 is 5.32 Å². The summed E-state index contributed by atoms with van der Waals surface area (Å²) >= 11 is 0. The predicted octanol–water partition coefficient (Wildman–Crippen LogP) is 2.93. The molecule has 2 saturated carbocycles. The van der Waals surface area contributed by atoms with Crippen LogP contribution in [0.25, 0.3) is 0 Å². The van der Waals surface area contributed by atoms with Gasteiger partial charge in [0.25, 0.3) is 0 Å². The number of benzene rings is 1. The number of piperazine rings is 1. The molecule has 2 aliphatic carbocycles. The van der Waals surface area contributed by atoms with Gasteiger partial charge in [0.1, 0.15) is 0 Å². The lowest BCUT2D eigenvalue weighted by Crippen LogP contribution is -2.57. The lowest BCUT2D eigenvalue weighted by Gasteiger charge is -2.41. The Bertz CT molecular complexity index is 526. The van der Waals surface area contributed by atoms with Gasteiger partial charge in [-0.3, -0.25) is 4.90 Å². The molecule has 2 nitrogen and oxygen atoms in total. The van der Waals surface area contributed by atoms with Gasteiger partial charge in [0.05, 0.1) is 0 Å². The third-order valence-corrected chi connectivity index (χ3v) is 5.25. The summed E-state index contributed by atoms with van der Waals surface area (Å²) in [5.74, 6) is 0.136. The van der Waals surface area contributed by atoms with E-state index in [1.165, 1.54) is 31.7 Å². The average molecular weight is 292 g/mol. The summed E-state index contributed by atoms with van der Waals surface area (Å²) in [6.45, 7) is 2.51. The van der Waals surface area contributed by atoms with Gasteiger partial charge in [-0.05, 0) is 43.6 Å². The van der Waals surface area contributed by atoms with Crippen LogP contribution in [0.2, 0.25) is 0 Å². The fourth-order valence-electron chi connectivity index (χ4n) is 3.69. The number of nitrogens with zero attached hydrogens (tertiary/aromatic N) is 1. The van der Waals surface area contributed by atoms with Crippen LogP contribution in [0, 0.1) is 23.5 Å². The molecule has 1 saturated heterocycles. The van der Waals surface area contributed by atoms with Crippen LogP contribution in [0.3, 0.4) is 0 Å². The lowest BCUT2D eigenvalue weighted by atomic mass is 10.0. The van der Waals surface area contributed by atoms with Crippen molar-refractivity contribution in [2.24, 2.45) is 11.8 Å². The number of halogens is 2. The van der Waals surface area contributed by atoms with Gasteiger partial charge in [0.2, 0.25) is 0 Å². The molecular formula is C17H22F2N2. The highest BCUT2D eigenvalue weighted by atomic mass is 19.2. The number of hydrogen-bond donors (Lipinski definition) is 1. The Balaban J connectivity index is 1.52. The summed E-state index contributed by atoms with van der Waals surface area (Å²) in [5, 5.41) is 3.68. The molecule has 4 rings (SSSR count). The second kappa shape index (κ2) is 5.33. The summed E-state index contributed by atoms with van der Waals surface area (Å²) in [4.78, 5) is 2.40. The van der Waals surface area contributed by atoms with Gasteiger partial charge in [-0.1, -0.05) is 12.1 Å². The minimum Gasteiger partial charge on any atom is -0.311 e. The van der Waals surface area contributed by atoms with Crippen molar-refractivity contribution >= 4 is 0 Å². The van der Waals surface area contributed by atoms with Gasteiger partial charge >= 0.3 is 0 Å². The summed E-state index contributed by atoms with van der Waals surface area (Å²) < 4.78 is 27.4. The molecule has 1 aromatic rings. The van der Waals surface area contributed by atoms with Crippen molar-refractivity contribution in [2.45, 2.75) is 44.3 Å². The normalized spacial score (nSPS) is 30.6. The maximum atomic E-state index is 14.0. The van der Waals surface area contributed by atoms with Crippen molar-refractivity contribution in [1.29, 1.82) is 0 Å². The number of rotatable bonds is 4. The zero-order valence-electron chi connectivity index (χ0n) is 12.2. The van der Waals surface area contributed by atoms with Crippen molar-refractivity contribution < 1.29 is 8.78 Å². The van der Waals surface area contributed by atoms with E-state index in [0.717, 1.165) is 24.9 Å². The van der Waals surface area contributed by atoms with Crippen molar-refractivity contribution in [3.63, 3.8) is 0 Å². The second-order valence-electron chi connectivity index (χ2n) is 6.90. The van der Waals surface area contributed by atoms with E-state index in [2.05, 4.69) is 10.2 Å². The fourth-order valence-corrected chi connectivity index (χ4v) is 3.69. The van der Waals surface area contributed by atoms with Crippen LogP contribution in [0.4, 0.5) is 8.78 Å². The maximum absolute atomic E-state index is 14.0. The first-order valence-corrected chi connectivity index (χ1v) is 8.12. The first-order chi connectivity index (χ1) is 10.2. The monoisotopic (exact) mass is 292 g/mol. The lowest BCUT2D eigenvalue weighted by molar-refractivity contribution is 0.0989. The van der Waals surface area contributed by atoms with E-state index < -0.39 is 11.6 Å². The molecule has 21 heavy (non-hydrogen) atoms. The Morgan fingerprint density at radius 2 is 1.86 bits per heavy atom. The quantitative estimate of drug-likeness (QED) is 0.918. The number of hydrogen-bond acceptors (Lipinski definition) is 2. The van der Waals surface area contributed by atoms with Crippen molar-refractivity contribution in [3.05, 3.63) is 35.4 Å². The summed E-state index contributed by atoms with van der Waals surface area (Å²) in [7, 11) is 0. The smallest absolute Gasteiger partial charge is 0.163 e. The molecule has 3 fully saturated rings. The van der Waals surface area contributed by atoms with Gasteiger partial charge in [-0.15, -0.1) is 0 Å². The van der Waals surface area contributed by atoms with Gasteiger partial charge in [0.15, 0.2) is 11.6 Å². The minimum absolute atomic E-state index is 0.489. The summed E-state index contributed by atoms with van der Waals surface area (Å²) in [6, 6.07) is 5.55. The molecule has 0 bridgehead atoms. The zero-order valence-corrected chi connectivity index (χ0v) is 12.2. The molecule has 0 spiro atoms. The van der Waals surface area contributed by atoms with E-state index in [-0.39, 0.29) is 0 Å². The summed E-state index contributed by atoms with van der Waals surface area (Å²) in [6.07, 6.45) is 5.19. The first kappa shape index (κ1) is 13.6. The second-order valence-corrected chi connectivity index (χ2v) is 6.90. The van der Waals surface area contributed by atoms with Crippen molar-refractivity contribution in [2.75, 3.05) is 13.1 Å². The van der Waals surface area contributed by atoms with Crippen molar-refractivity contribution in [1.82, 2.24) is 10.2 Å². The average Bonchev–Trinajstić information content (AvgIpc) is 3.37. The molecule has 1 aromatic carbocycles. The van der Waals surface area contributed by atoms with E-state index >= 15 is 0 Å². The topological polar surface area (TPSA) is 15.3 Å². The molecule has 114 valence electrons.